The predicted molar refractivity (Wildman–Crippen MR) is 72.6 cm³/mol. The van der Waals surface area contributed by atoms with Crippen molar-refractivity contribution in [3.05, 3.63) is 17.6 Å². The summed E-state index contributed by atoms with van der Waals surface area (Å²) in [6, 6.07) is 0.443. The second-order valence-corrected chi connectivity index (χ2v) is 5.59. The van der Waals surface area contributed by atoms with Gasteiger partial charge in [0.2, 0.25) is 0 Å². The molecule has 2 atom stereocenters. The topological polar surface area (TPSA) is 55.0 Å². The lowest BCUT2D eigenvalue weighted by atomic mass is 9.90. The molecule has 0 bridgehead atoms. The van der Waals surface area contributed by atoms with Crippen LogP contribution in [0.25, 0.3) is 0 Å². The molecule has 18 heavy (non-hydrogen) atoms. The Morgan fingerprint density at radius 2 is 2.22 bits per heavy atom. The zero-order valence-corrected chi connectivity index (χ0v) is 11.1. The fraction of sp³-hybridized carbons (Fsp3) is 0.714. The highest BCUT2D eigenvalue weighted by Crippen LogP contribution is 2.33. The van der Waals surface area contributed by atoms with Crippen molar-refractivity contribution in [2.45, 2.75) is 45.1 Å². The number of rotatable bonds is 2. The minimum Gasteiger partial charge on any atom is -0.352 e. The lowest BCUT2D eigenvalue weighted by Crippen LogP contribution is -2.49. The zero-order valence-electron chi connectivity index (χ0n) is 11.1. The first-order valence-electron chi connectivity index (χ1n) is 7.10. The van der Waals surface area contributed by atoms with E-state index in [4.69, 9.17) is 5.73 Å². The molecule has 1 aromatic heterocycles. The van der Waals surface area contributed by atoms with Gasteiger partial charge in [-0.25, -0.2) is 9.97 Å². The maximum atomic E-state index is 5.98. The summed E-state index contributed by atoms with van der Waals surface area (Å²) in [5.74, 6) is 1.83. The van der Waals surface area contributed by atoms with Crippen LogP contribution in [0.1, 0.15) is 37.4 Å². The van der Waals surface area contributed by atoms with Crippen molar-refractivity contribution in [3.63, 3.8) is 0 Å². The first-order valence-corrected chi connectivity index (χ1v) is 7.10. The van der Waals surface area contributed by atoms with Crippen molar-refractivity contribution in [1.29, 1.82) is 0 Å². The standard InChI is InChI=1S/C14H22N4/c1-10-4-3-7-18(13(10)8-15)14-11-5-2-6-12(11)16-9-17-14/h9-10,13H,2-8,15H2,1H3. The van der Waals surface area contributed by atoms with Gasteiger partial charge in [0.05, 0.1) is 0 Å². The normalized spacial score (nSPS) is 27.3. The smallest absolute Gasteiger partial charge is 0.135 e. The van der Waals surface area contributed by atoms with Gasteiger partial charge in [0.1, 0.15) is 12.1 Å². The lowest BCUT2D eigenvalue weighted by molar-refractivity contribution is 0.347. The molecule has 0 aromatic carbocycles. The SMILES string of the molecule is CC1CCCN(c2ncnc3c2CCC3)C1CN. The van der Waals surface area contributed by atoms with Crippen LogP contribution in [0.3, 0.4) is 0 Å². The molecule has 0 radical (unpaired) electrons. The van der Waals surface area contributed by atoms with Crippen molar-refractivity contribution in [2.75, 3.05) is 18.0 Å². The summed E-state index contributed by atoms with van der Waals surface area (Å²) in [5.41, 5.74) is 8.62. The van der Waals surface area contributed by atoms with Crippen molar-refractivity contribution in [2.24, 2.45) is 11.7 Å². The van der Waals surface area contributed by atoms with E-state index in [1.165, 1.54) is 36.3 Å². The van der Waals surface area contributed by atoms with Gasteiger partial charge >= 0.3 is 0 Å². The molecule has 4 nitrogen and oxygen atoms in total. The number of nitrogens with two attached hydrogens (primary N) is 1. The van der Waals surface area contributed by atoms with E-state index < -0.39 is 0 Å². The average Bonchev–Trinajstić information content (AvgIpc) is 2.86. The monoisotopic (exact) mass is 246 g/mol. The van der Waals surface area contributed by atoms with E-state index in [9.17, 15) is 0 Å². The highest BCUT2D eigenvalue weighted by molar-refractivity contribution is 5.51. The van der Waals surface area contributed by atoms with Gasteiger partial charge in [-0.05, 0) is 38.0 Å². The Hall–Kier alpha value is -1.16. The quantitative estimate of drug-likeness (QED) is 0.860. The zero-order chi connectivity index (χ0) is 12.5. The number of fused-ring (bicyclic) bond motifs is 1. The maximum absolute atomic E-state index is 5.98. The molecule has 0 amide bonds. The van der Waals surface area contributed by atoms with Crippen molar-refractivity contribution >= 4 is 5.82 Å². The van der Waals surface area contributed by atoms with Gasteiger partial charge in [0, 0.05) is 30.4 Å². The Balaban J connectivity index is 1.96. The third-order valence-corrected chi connectivity index (χ3v) is 4.48. The third-order valence-electron chi connectivity index (χ3n) is 4.48. The van der Waals surface area contributed by atoms with Crippen LogP contribution in [-0.4, -0.2) is 29.1 Å². The van der Waals surface area contributed by atoms with E-state index in [1.807, 2.05) is 0 Å². The number of anilines is 1. The molecule has 0 saturated carbocycles. The maximum Gasteiger partial charge on any atom is 0.135 e. The van der Waals surface area contributed by atoms with E-state index in [1.54, 1.807) is 6.33 Å². The van der Waals surface area contributed by atoms with Gasteiger partial charge in [0.15, 0.2) is 0 Å². The Morgan fingerprint density at radius 3 is 3.06 bits per heavy atom. The van der Waals surface area contributed by atoms with Gasteiger partial charge < -0.3 is 10.6 Å². The second kappa shape index (κ2) is 4.84. The van der Waals surface area contributed by atoms with E-state index in [0.29, 0.717) is 12.0 Å². The minimum atomic E-state index is 0.443. The highest BCUT2D eigenvalue weighted by atomic mass is 15.2. The molecule has 1 aliphatic heterocycles. The summed E-state index contributed by atoms with van der Waals surface area (Å²) in [6.45, 7) is 4.13. The largest absolute Gasteiger partial charge is 0.352 e. The van der Waals surface area contributed by atoms with E-state index in [0.717, 1.165) is 25.9 Å². The minimum absolute atomic E-state index is 0.443. The fourth-order valence-corrected chi connectivity index (χ4v) is 3.46. The summed E-state index contributed by atoms with van der Waals surface area (Å²) in [6.07, 6.45) is 7.72. The summed E-state index contributed by atoms with van der Waals surface area (Å²) in [5, 5.41) is 0. The molecule has 2 unspecified atom stereocenters. The van der Waals surface area contributed by atoms with Crippen LogP contribution in [-0.2, 0) is 12.8 Å². The fourth-order valence-electron chi connectivity index (χ4n) is 3.46. The van der Waals surface area contributed by atoms with Gasteiger partial charge in [0.25, 0.3) is 0 Å². The summed E-state index contributed by atoms with van der Waals surface area (Å²) in [4.78, 5) is 11.4. The number of aryl methyl sites for hydroxylation is 1. The Bertz CT molecular complexity index is 432. The summed E-state index contributed by atoms with van der Waals surface area (Å²) < 4.78 is 0. The average molecular weight is 246 g/mol. The molecule has 1 aromatic rings. The molecule has 1 saturated heterocycles. The number of nitrogens with zero attached hydrogens (tertiary/aromatic N) is 3. The van der Waals surface area contributed by atoms with Crippen molar-refractivity contribution in [3.8, 4) is 0 Å². The molecule has 1 aliphatic carbocycles. The molecule has 3 rings (SSSR count). The Morgan fingerprint density at radius 1 is 1.33 bits per heavy atom. The molecular weight excluding hydrogens is 224 g/mol. The van der Waals surface area contributed by atoms with Gasteiger partial charge in [-0.15, -0.1) is 0 Å². The van der Waals surface area contributed by atoms with Crippen LogP contribution in [0.2, 0.25) is 0 Å². The van der Waals surface area contributed by atoms with Crippen LogP contribution >= 0.6 is 0 Å². The van der Waals surface area contributed by atoms with Crippen molar-refractivity contribution in [1.82, 2.24) is 9.97 Å². The first-order chi connectivity index (χ1) is 8.81. The van der Waals surface area contributed by atoms with Gasteiger partial charge in [-0.2, -0.15) is 0 Å². The summed E-state index contributed by atoms with van der Waals surface area (Å²) in [7, 11) is 0. The van der Waals surface area contributed by atoms with Crippen LogP contribution in [0, 0.1) is 5.92 Å². The van der Waals surface area contributed by atoms with Crippen LogP contribution < -0.4 is 10.6 Å². The molecule has 98 valence electrons. The van der Waals surface area contributed by atoms with Crippen molar-refractivity contribution < 1.29 is 0 Å². The van der Waals surface area contributed by atoms with Crippen LogP contribution in [0.15, 0.2) is 6.33 Å². The Kier molecular flexibility index (Phi) is 3.20. The number of aromatic nitrogens is 2. The molecule has 4 heteroatoms. The van der Waals surface area contributed by atoms with E-state index in [2.05, 4.69) is 21.8 Å². The molecule has 2 heterocycles. The third kappa shape index (κ3) is 1.88. The summed E-state index contributed by atoms with van der Waals surface area (Å²) >= 11 is 0. The van der Waals surface area contributed by atoms with E-state index >= 15 is 0 Å². The lowest BCUT2D eigenvalue weighted by Gasteiger charge is -2.41. The molecule has 0 spiro atoms. The second-order valence-electron chi connectivity index (χ2n) is 5.59. The molecular formula is C14H22N4. The van der Waals surface area contributed by atoms with Gasteiger partial charge in [-0.1, -0.05) is 6.92 Å². The molecule has 1 fully saturated rings. The predicted octanol–water partition coefficient (Wildman–Crippen LogP) is 1.53. The van der Waals surface area contributed by atoms with E-state index in [-0.39, 0.29) is 0 Å². The van der Waals surface area contributed by atoms with Crippen LogP contribution in [0.5, 0.6) is 0 Å². The number of hydrogen-bond donors (Lipinski definition) is 1. The Labute approximate surface area is 109 Å². The number of piperidine rings is 1. The molecule has 2 N–H and O–H groups in total. The highest BCUT2D eigenvalue weighted by Gasteiger charge is 2.31. The molecule has 2 aliphatic rings. The number of hydrogen-bond acceptors (Lipinski definition) is 4. The first kappa shape index (κ1) is 11.9. The van der Waals surface area contributed by atoms with Gasteiger partial charge in [-0.3, -0.25) is 0 Å². The van der Waals surface area contributed by atoms with Crippen LogP contribution in [0.4, 0.5) is 5.82 Å².